The Hall–Kier alpha value is -1.39. The molecule has 100 valence electrons. The number of hydrogen-bond donors (Lipinski definition) is 2. The minimum atomic E-state index is -0.503. The number of carbonyl (C=O) groups is 1. The molecule has 0 aromatic heterocycles. The zero-order valence-electron chi connectivity index (χ0n) is 11.1. The summed E-state index contributed by atoms with van der Waals surface area (Å²) in [5.41, 5.74) is 2.48. The number of ether oxygens (including phenoxy) is 1. The molecule has 0 spiro atoms. The number of esters is 1. The molecule has 0 aliphatic rings. The molecule has 0 heterocycles. The van der Waals surface area contributed by atoms with Crippen molar-refractivity contribution in [1.82, 2.24) is 5.48 Å². The number of hydrogen-bond acceptors (Lipinski definition) is 4. The van der Waals surface area contributed by atoms with Gasteiger partial charge in [0, 0.05) is 6.54 Å². The van der Waals surface area contributed by atoms with E-state index in [4.69, 9.17) is 9.94 Å². The Morgan fingerprint density at radius 1 is 1.33 bits per heavy atom. The van der Waals surface area contributed by atoms with Gasteiger partial charge in [0.2, 0.25) is 0 Å². The highest BCUT2D eigenvalue weighted by atomic mass is 16.6. The van der Waals surface area contributed by atoms with E-state index in [1.165, 1.54) is 0 Å². The second-order valence-corrected chi connectivity index (χ2v) is 5.19. The van der Waals surface area contributed by atoms with E-state index in [2.05, 4.69) is 5.48 Å². The Balaban J connectivity index is 2.82. The van der Waals surface area contributed by atoms with Crippen LogP contribution >= 0.6 is 0 Å². The summed E-state index contributed by atoms with van der Waals surface area (Å²) in [6.45, 7) is 5.88. The molecular weight excluding hydrogens is 230 g/mol. The second kappa shape index (κ2) is 6.52. The first-order valence-corrected chi connectivity index (χ1v) is 6.09. The van der Waals surface area contributed by atoms with Crippen LogP contribution in [0.1, 0.15) is 38.7 Å². The molecule has 4 nitrogen and oxygen atoms in total. The summed E-state index contributed by atoms with van der Waals surface area (Å²) < 4.78 is 5.40. The van der Waals surface area contributed by atoms with Gasteiger partial charge in [-0.25, -0.2) is 5.48 Å². The van der Waals surface area contributed by atoms with Crippen molar-refractivity contribution in [2.75, 3.05) is 6.54 Å². The van der Waals surface area contributed by atoms with Crippen LogP contribution in [-0.4, -0.2) is 23.3 Å². The van der Waals surface area contributed by atoms with Gasteiger partial charge in [-0.3, -0.25) is 4.79 Å². The Morgan fingerprint density at radius 2 is 1.94 bits per heavy atom. The third-order valence-corrected chi connectivity index (χ3v) is 2.44. The van der Waals surface area contributed by atoms with Gasteiger partial charge in [0.25, 0.3) is 0 Å². The van der Waals surface area contributed by atoms with Crippen LogP contribution in [-0.2, 0) is 9.53 Å². The Labute approximate surface area is 108 Å². The Morgan fingerprint density at radius 3 is 2.44 bits per heavy atom. The Kier molecular flexibility index (Phi) is 5.31. The number of carbonyl (C=O) groups excluding carboxylic acids is 1. The maximum Gasteiger partial charge on any atom is 0.313 e. The number of benzene rings is 1. The predicted molar refractivity (Wildman–Crippen MR) is 69.4 cm³/mol. The topological polar surface area (TPSA) is 58.6 Å². The maximum atomic E-state index is 12.1. The summed E-state index contributed by atoms with van der Waals surface area (Å²) in [4.78, 5) is 12.1. The highest BCUT2D eigenvalue weighted by Gasteiger charge is 2.26. The van der Waals surface area contributed by atoms with Crippen LogP contribution in [0.15, 0.2) is 30.3 Å². The standard InChI is InChI=1S/C14H21NO3/c1-14(2,3)18-13(16)12(9-10-15-17)11-7-5-4-6-8-11/h4-8,12,15,17H,9-10H2,1-3H3/t12-/m0/s1. The molecule has 0 fully saturated rings. The lowest BCUT2D eigenvalue weighted by Crippen LogP contribution is -2.29. The SMILES string of the molecule is CC(C)(C)OC(=O)[C@@H](CCNO)c1ccccc1. The second-order valence-electron chi connectivity index (χ2n) is 5.19. The number of rotatable bonds is 5. The molecule has 0 bridgehead atoms. The van der Waals surface area contributed by atoms with Gasteiger partial charge in [0.15, 0.2) is 0 Å². The Bertz CT molecular complexity index is 370. The van der Waals surface area contributed by atoms with Gasteiger partial charge < -0.3 is 9.94 Å². The van der Waals surface area contributed by atoms with Crippen LogP contribution in [0.5, 0.6) is 0 Å². The van der Waals surface area contributed by atoms with Gasteiger partial charge in [0.1, 0.15) is 5.60 Å². The molecule has 1 rings (SSSR count). The molecule has 4 heteroatoms. The van der Waals surface area contributed by atoms with Crippen LogP contribution in [0.25, 0.3) is 0 Å². The van der Waals surface area contributed by atoms with E-state index in [-0.39, 0.29) is 11.9 Å². The quantitative estimate of drug-likeness (QED) is 0.623. The first kappa shape index (κ1) is 14.7. The van der Waals surface area contributed by atoms with Crippen molar-refractivity contribution in [3.63, 3.8) is 0 Å². The van der Waals surface area contributed by atoms with Crippen molar-refractivity contribution in [3.05, 3.63) is 35.9 Å². The molecule has 18 heavy (non-hydrogen) atoms. The summed E-state index contributed by atoms with van der Waals surface area (Å²) >= 11 is 0. The highest BCUT2D eigenvalue weighted by molar-refractivity contribution is 5.78. The summed E-state index contributed by atoms with van der Waals surface area (Å²) in [6, 6.07) is 9.47. The molecule has 2 N–H and O–H groups in total. The zero-order chi connectivity index (χ0) is 13.6. The molecule has 0 unspecified atom stereocenters. The van der Waals surface area contributed by atoms with E-state index >= 15 is 0 Å². The molecule has 0 amide bonds. The molecule has 1 aromatic rings. The van der Waals surface area contributed by atoms with Crippen molar-refractivity contribution < 1.29 is 14.7 Å². The molecule has 1 atom stereocenters. The monoisotopic (exact) mass is 251 g/mol. The lowest BCUT2D eigenvalue weighted by Gasteiger charge is -2.24. The predicted octanol–water partition coefficient (Wildman–Crippen LogP) is 2.48. The highest BCUT2D eigenvalue weighted by Crippen LogP contribution is 2.23. The van der Waals surface area contributed by atoms with Crippen LogP contribution in [0.2, 0.25) is 0 Å². The lowest BCUT2D eigenvalue weighted by atomic mass is 9.95. The molecule has 0 radical (unpaired) electrons. The van der Waals surface area contributed by atoms with Crippen LogP contribution < -0.4 is 5.48 Å². The summed E-state index contributed by atoms with van der Waals surface area (Å²) in [5, 5.41) is 8.67. The maximum absolute atomic E-state index is 12.1. The van der Waals surface area contributed by atoms with Gasteiger partial charge in [0.05, 0.1) is 5.92 Å². The van der Waals surface area contributed by atoms with Crippen molar-refractivity contribution >= 4 is 5.97 Å². The summed E-state index contributed by atoms with van der Waals surface area (Å²) in [5.74, 6) is -0.617. The molecule has 0 aliphatic heterocycles. The first-order chi connectivity index (χ1) is 8.44. The lowest BCUT2D eigenvalue weighted by molar-refractivity contribution is -0.157. The van der Waals surface area contributed by atoms with Crippen molar-refractivity contribution in [3.8, 4) is 0 Å². The van der Waals surface area contributed by atoms with Gasteiger partial charge in [-0.2, -0.15) is 0 Å². The molecule has 0 saturated heterocycles. The molecule has 0 aliphatic carbocycles. The average Bonchev–Trinajstić information content (AvgIpc) is 2.28. The van der Waals surface area contributed by atoms with Crippen LogP contribution in [0.4, 0.5) is 0 Å². The van der Waals surface area contributed by atoms with E-state index < -0.39 is 5.60 Å². The molecule has 0 saturated carbocycles. The number of hydroxylamine groups is 1. The van der Waals surface area contributed by atoms with Gasteiger partial charge in [-0.05, 0) is 32.8 Å². The van der Waals surface area contributed by atoms with Gasteiger partial charge in [-0.1, -0.05) is 30.3 Å². The minimum Gasteiger partial charge on any atom is -0.459 e. The van der Waals surface area contributed by atoms with Crippen LogP contribution in [0, 0.1) is 0 Å². The fourth-order valence-electron chi connectivity index (χ4n) is 1.69. The fourth-order valence-corrected chi connectivity index (χ4v) is 1.69. The third-order valence-electron chi connectivity index (χ3n) is 2.44. The average molecular weight is 251 g/mol. The minimum absolute atomic E-state index is 0.260. The normalized spacial score (nSPS) is 13.1. The number of nitrogens with one attached hydrogen (secondary N) is 1. The van der Waals surface area contributed by atoms with E-state index in [0.717, 1.165) is 5.56 Å². The van der Waals surface area contributed by atoms with Crippen molar-refractivity contribution in [1.29, 1.82) is 0 Å². The van der Waals surface area contributed by atoms with Gasteiger partial charge in [-0.15, -0.1) is 0 Å². The van der Waals surface area contributed by atoms with E-state index in [9.17, 15) is 4.79 Å². The van der Waals surface area contributed by atoms with Crippen molar-refractivity contribution in [2.45, 2.75) is 38.7 Å². The molecular formula is C14H21NO3. The summed E-state index contributed by atoms with van der Waals surface area (Å²) in [7, 11) is 0. The largest absolute Gasteiger partial charge is 0.459 e. The first-order valence-electron chi connectivity index (χ1n) is 6.09. The van der Waals surface area contributed by atoms with E-state index in [1.54, 1.807) is 0 Å². The van der Waals surface area contributed by atoms with E-state index in [1.807, 2.05) is 51.1 Å². The summed E-state index contributed by atoms with van der Waals surface area (Å²) in [6.07, 6.45) is 0.495. The van der Waals surface area contributed by atoms with Gasteiger partial charge >= 0.3 is 5.97 Å². The molecule has 1 aromatic carbocycles. The van der Waals surface area contributed by atoms with E-state index in [0.29, 0.717) is 13.0 Å². The van der Waals surface area contributed by atoms with Crippen LogP contribution in [0.3, 0.4) is 0 Å². The third kappa shape index (κ3) is 4.85. The zero-order valence-corrected chi connectivity index (χ0v) is 11.1. The smallest absolute Gasteiger partial charge is 0.313 e. The fraction of sp³-hybridized carbons (Fsp3) is 0.500. The van der Waals surface area contributed by atoms with Crippen molar-refractivity contribution in [2.24, 2.45) is 0 Å².